The zero-order valence-corrected chi connectivity index (χ0v) is 11.9. The lowest BCUT2D eigenvalue weighted by Crippen LogP contribution is -2.10. The highest BCUT2D eigenvalue weighted by atomic mass is 32.3. The normalized spacial score (nSPS) is 11.1. The highest BCUT2D eigenvalue weighted by Gasteiger charge is 2.10. The Labute approximate surface area is 119 Å². The van der Waals surface area contributed by atoms with Crippen LogP contribution in [0.5, 0.6) is 5.75 Å². The monoisotopic (exact) mass is 315 g/mol. The number of rotatable bonds is 4. The van der Waals surface area contributed by atoms with E-state index in [1.807, 2.05) is 6.92 Å². The summed E-state index contributed by atoms with van der Waals surface area (Å²) in [5.74, 6) is -0.446. The summed E-state index contributed by atoms with van der Waals surface area (Å²) >= 11 is 1.46. The molecular formula is C12H10FNO4S2. The lowest BCUT2D eigenvalue weighted by Gasteiger charge is -2.05. The van der Waals surface area contributed by atoms with Crippen LogP contribution in [0.2, 0.25) is 0 Å². The smallest absolute Gasteiger partial charge is 0.358 e. The van der Waals surface area contributed by atoms with Crippen molar-refractivity contribution in [2.75, 3.05) is 5.32 Å². The molecule has 0 bridgehead atoms. The van der Waals surface area contributed by atoms with Crippen LogP contribution in [0, 0.1) is 6.92 Å². The predicted molar refractivity (Wildman–Crippen MR) is 74.1 cm³/mol. The van der Waals surface area contributed by atoms with Crippen LogP contribution in [0.25, 0.3) is 0 Å². The fourth-order valence-corrected chi connectivity index (χ4v) is 2.50. The number of hydrogen-bond acceptors (Lipinski definition) is 5. The van der Waals surface area contributed by atoms with Crippen molar-refractivity contribution in [3.8, 4) is 5.75 Å². The average Bonchev–Trinajstić information content (AvgIpc) is 2.77. The Morgan fingerprint density at radius 2 is 1.95 bits per heavy atom. The van der Waals surface area contributed by atoms with E-state index in [1.54, 1.807) is 11.4 Å². The summed E-state index contributed by atoms with van der Waals surface area (Å²) in [5, 5.41) is 4.36. The second-order valence-corrected chi connectivity index (χ2v) is 5.97. The van der Waals surface area contributed by atoms with E-state index in [0.29, 0.717) is 11.3 Å². The first-order valence-electron chi connectivity index (χ1n) is 5.44. The van der Waals surface area contributed by atoms with Gasteiger partial charge in [-0.2, -0.15) is 8.42 Å². The van der Waals surface area contributed by atoms with Crippen molar-refractivity contribution >= 4 is 33.4 Å². The number of nitrogens with one attached hydrogen (secondary N) is 1. The number of amides is 1. The maximum atomic E-state index is 12.3. The van der Waals surface area contributed by atoms with E-state index in [1.165, 1.54) is 35.6 Å². The van der Waals surface area contributed by atoms with Gasteiger partial charge in [0.2, 0.25) is 0 Å². The number of carbonyl (C=O) groups excluding carboxylic acids is 1. The summed E-state index contributed by atoms with van der Waals surface area (Å²) in [6.07, 6.45) is 0. The molecule has 2 rings (SSSR count). The van der Waals surface area contributed by atoms with Gasteiger partial charge in [0, 0.05) is 15.9 Å². The van der Waals surface area contributed by atoms with E-state index < -0.39 is 10.5 Å². The number of benzene rings is 1. The Balaban J connectivity index is 2.06. The van der Waals surface area contributed by atoms with Gasteiger partial charge in [0.25, 0.3) is 5.91 Å². The molecule has 20 heavy (non-hydrogen) atoms. The van der Waals surface area contributed by atoms with Gasteiger partial charge in [0.15, 0.2) is 0 Å². The van der Waals surface area contributed by atoms with Crippen molar-refractivity contribution < 1.29 is 21.3 Å². The molecule has 5 nitrogen and oxygen atoms in total. The molecular weight excluding hydrogens is 305 g/mol. The third-order valence-corrected chi connectivity index (χ3v) is 3.55. The van der Waals surface area contributed by atoms with Gasteiger partial charge in [-0.3, -0.25) is 4.79 Å². The zero-order valence-electron chi connectivity index (χ0n) is 10.3. The van der Waals surface area contributed by atoms with Crippen LogP contribution in [0.4, 0.5) is 9.57 Å². The molecule has 0 aliphatic heterocycles. The van der Waals surface area contributed by atoms with E-state index in [-0.39, 0.29) is 11.7 Å². The predicted octanol–water partition coefficient (Wildman–Crippen LogP) is 2.90. The topological polar surface area (TPSA) is 72.5 Å². The zero-order chi connectivity index (χ0) is 14.8. The Morgan fingerprint density at radius 3 is 2.45 bits per heavy atom. The van der Waals surface area contributed by atoms with Crippen LogP contribution >= 0.6 is 11.3 Å². The molecule has 0 unspecified atom stereocenters. The Bertz CT molecular complexity index is 722. The Hall–Kier alpha value is -1.93. The number of anilines is 1. The molecule has 0 aliphatic carbocycles. The molecule has 1 aromatic heterocycles. The summed E-state index contributed by atoms with van der Waals surface area (Å²) in [4.78, 5) is 12.9. The first-order valence-corrected chi connectivity index (χ1v) is 7.63. The third-order valence-electron chi connectivity index (χ3n) is 2.30. The van der Waals surface area contributed by atoms with Crippen LogP contribution in [0.15, 0.2) is 35.7 Å². The SMILES string of the molecule is Cc1cc(C(=O)Nc2ccc(OS(=O)(=O)F)cc2)cs1. The molecule has 0 saturated heterocycles. The van der Waals surface area contributed by atoms with Crippen molar-refractivity contribution in [3.63, 3.8) is 0 Å². The first-order chi connectivity index (χ1) is 9.33. The molecule has 8 heteroatoms. The van der Waals surface area contributed by atoms with Gasteiger partial charge in [-0.1, -0.05) is 3.89 Å². The van der Waals surface area contributed by atoms with Crippen LogP contribution < -0.4 is 9.50 Å². The number of aryl methyl sites for hydroxylation is 1. The van der Waals surface area contributed by atoms with Gasteiger partial charge >= 0.3 is 10.5 Å². The minimum absolute atomic E-state index is 0.170. The lowest BCUT2D eigenvalue weighted by atomic mass is 10.2. The van der Waals surface area contributed by atoms with Crippen LogP contribution in [-0.4, -0.2) is 14.3 Å². The summed E-state index contributed by atoms with van der Waals surface area (Å²) < 4.78 is 36.9. The lowest BCUT2D eigenvalue weighted by molar-refractivity contribution is 0.102. The van der Waals surface area contributed by atoms with Crippen molar-refractivity contribution in [2.45, 2.75) is 6.92 Å². The maximum Gasteiger partial charge on any atom is 0.488 e. The minimum Gasteiger partial charge on any atom is -0.358 e. The molecule has 0 aliphatic rings. The molecule has 2 aromatic rings. The first kappa shape index (κ1) is 14.5. The quantitative estimate of drug-likeness (QED) is 0.881. The second-order valence-electron chi connectivity index (χ2n) is 3.90. The number of thiophene rings is 1. The van der Waals surface area contributed by atoms with Gasteiger partial charge < -0.3 is 9.50 Å². The van der Waals surface area contributed by atoms with E-state index in [0.717, 1.165) is 4.88 Å². The Kier molecular flexibility index (Phi) is 4.05. The largest absolute Gasteiger partial charge is 0.488 e. The van der Waals surface area contributed by atoms with Crippen LogP contribution in [0.1, 0.15) is 15.2 Å². The van der Waals surface area contributed by atoms with Crippen LogP contribution in [-0.2, 0) is 10.5 Å². The van der Waals surface area contributed by atoms with E-state index >= 15 is 0 Å². The summed E-state index contributed by atoms with van der Waals surface area (Å²) in [7, 11) is -5.04. The number of hydrogen-bond donors (Lipinski definition) is 1. The van der Waals surface area contributed by atoms with Gasteiger partial charge in [-0.05, 0) is 37.3 Å². The van der Waals surface area contributed by atoms with Gasteiger partial charge in [0.05, 0.1) is 5.56 Å². The van der Waals surface area contributed by atoms with E-state index in [2.05, 4.69) is 9.50 Å². The van der Waals surface area contributed by atoms with E-state index in [9.17, 15) is 17.1 Å². The molecule has 0 fully saturated rings. The highest BCUT2D eigenvalue weighted by Crippen LogP contribution is 2.19. The number of halogens is 1. The van der Waals surface area contributed by atoms with Gasteiger partial charge in [-0.15, -0.1) is 11.3 Å². The van der Waals surface area contributed by atoms with Gasteiger partial charge in [0.1, 0.15) is 5.75 Å². The molecule has 0 atom stereocenters. The molecule has 1 amide bonds. The van der Waals surface area contributed by atoms with Crippen molar-refractivity contribution in [1.29, 1.82) is 0 Å². The van der Waals surface area contributed by atoms with Crippen molar-refractivity contribution in [1.82, 2.24) is 0 Å². The van der Waals surface area contributed by atoms with Gasteiger partial charge in [-0.25, -0.2) is 0 Å². The molecule has 1 N–H and O–H groups in total. The summed E-state index contributed by atoms with van der Waals surface area (Å²) in [6, 6.07) is 7.07. The number of carbonyl (C=O) groups is 1. The van der Waals surface area contributed by atoms with Crippen molar-refractivity contribution in [3.05, 3.63) is 46.2 Å². The molecule has 0 spiro atoms. The average molecular weight is 315 g/mol. The maximum absolute atomic E-state index is 12.3. The highest BCUT2D eigenvalue weighted by molar-refractivity contribution is 7.81. The fraction of sp³-hybridized carbons (Fsp3) is 0.0833. The fourth-order valence-electron chi connectivity index (χ4n) is 1.47. The van der Waals surface area contributed by atoms with Crippen molar-refractivity contribution in [2.24, 2.45) is 0 Å². The summed E-state index contributed by atoms with van der Waals surface area (Å²) in [6.45, 7) is 1.89. The molecule has 1 heterocycles. The minimum atomic E-state index is -5.04. The van der Waals surface area contributed by atoms with Crippen LogP contribution in [0.3, 0.4) is 0 Å². The second kappa shape index (κ2) is 5.59. The Morgan fingerprint density at radius 1 is 1.30 bits per heavy atom. The third kappa shape index (κ3) is 4.04. The molecule has 106 valence electrons. The molecule has 0 saturated carbocycles. The molecule has 1 aromatic carbocycles. The van der Waals surface area contributed by atoms with E-state index in [4.69, 9.17) is 0 Å². The summed E-state index contributed by atoms with van der Waals surface area (Å²) in [5.41, 5.74) is 0.988. The molecule has 0 radical (unpaired) electrons. The standard InChI is InChI=1S/C12H10FNO4S2/c1-8-6-9(7-19-8)12(15)14-10-2-4-11(5-3-10)18-20(13,16)17/h2-7H,1H3,(H,14,15).